The molecule has 3 nitrogen and oxygen atoms in total. The number of rotatable bonds is 5. The number of benzene rings is 1. The average Bonchev–Trinajstić information content (AvgIpc) is 2.24. The molecule has 0 aliphatic carbocycles. The van der Waals surface area contributed by atoms with Crippen molar-refractivity contribution < 1.29 is 4.74 Å². The fourth-order valence-corrected chi connectivity index (χ4v) is 1.62. The smallest absolute Gasteiger partial charge is 0.142 e. The number of nitrogens with zero attached hydrogens (tertiary/aromatic N) is 1. The van der Waals surface area contributed by atoms with E-state index >= 15 is 0 Å². The van der Waals surface area contributed by atoms with Gasteiger partial charge in [0.25, 0.3) is 0 Å². The summed E-state index contributed by atoms with van der Waals surface area (Å²) in [7, 11) is 0. The highest BCUT2D eigenvalue weighted by molar-refractivity contribution is 5.64. The lowest BCUT2D eigenvalue weighted by atomic mass is 10.2. The van der Waals surface area contributed by atoms with Gasteiger partial charge in [-0.25, -0.2) is 0 Å². The predicted octanol–water partition coefficient (Wildman–Crippen LogP) is 2.51. The van der Waals surface area contributed by atoms with Gasteiger partial charge in [-0.05, 0) is 39.0 Å². The number of nitrogens with two attached hydrogens (primary N) is 1. The third-order valence-corrected chi connectivity index (χ3v) is 2.39. The van der Waals surface area contributed by atoms with Crippen LogP contribution in [0.5, 0.6) is 5.75 Å². The van der Waals surface area contributed by atoms with E-state index in [9.17, 15) is 0 Å². The molecule has 15 heavy (non-hydrogen) atoms. The molecule has 0 radical (unpaired) electrons. The van der Waals surface area contributed by atoms with E-state index in [1.165, 1.54) is 0 Å². The van der Waals surface area contributed by atoms with Crippen molar-refractivity contribution in [3.8, 4) is 5.75 Å². The molecule has 0 spiro atoms. The second-order valence-electron chi connectivity index (χ2n) is 3.33. The highest BCUT2D eigenvalue weighted by Crippen LogP contribution is 2.30. The summed E-state index contributed by atoms with van der Waals surface area (Å²) in [6, 6.07) is 5.78. The molecule has 0 bridgehead atoms. The van der Waals surface area contributed by atoms with Crippen molar-refractivity contribution in [2.75, 3.05) is 30.3 Å². The van der Waals surface area contributed by atoms with E-state index in [4.69, 9.17) is 10.5 Å². The first-order valence-corrected chi connectivity index (χ1v) is 5.50. The summed E-state index contributed by atoms with van der Waals surface area (Å²) in [6.07, 6.45) is 0. The minimum atomic E-state index is 0.679. The summed E-state index contributed by atoms with van der Waals surface area (Å²) in [5.74, 6) is 0.912. The van der Waals surface area contributed by atoms with Gasteiger partial charge >= 0.3 is 0 Å². The molecule has 0 aliphatic rings. The van der Waals surface area contributed by atoms with Crippen LogP contribution in [0.1, 0.15) is 20.8 Å². The highest BCUT2D eigenvalue weighted by Gasteiger charge is 2.09. The molecule has 0 aliphatic heterocycles. The Morgan fingerprint density at radius 1 is 1.20 bits per heavy atom. The van der Waals surface area contributed by atoms with E-state index in [1.54, 1.807) is 0 Å². The summed E-state index contributed by atoms with van der Waals surface area (Å²) < 4.78 is 5.58. The molecule has 0 saturated carbocycles. The third-order valence-electron chi connectivity index (χ3n) is 2.39. The van der Waals surface area contributed by atoms with Crippen molar-refractivity contribution in [1.82, 2.24) is 0 Å². The molecule has 2 N–H and O–H groups in total. The molecule has 0 aromatic heterocycles. The number of nitrogen functional groups attached to an aromatic ring is 1. The Labute approximate surface area is 91.8 Å². The maximum atomic E-state index is 5.79. The Hall–Kier alpha value is -1.38. The summed E-state index contributed by atoms with van der Waals surface area (Å²) in [4.78, 5) is 2.24. The van der Waals surface area contributed by atoms with Crippen LogP contribution in [0.15, 0.2) is 18.2 Å². The molecule has 0 fully saturated rings. The van der Waals surface area contributed by atoms with Crippen LogP contribution >= 0.6 is 0 Å². The summed E-state index contributed by atoms with van der Waals surface area (Å²) in [5, 5.41) is 0. The monoisotopic (exact) mass is 208 g/mol. The first kappa shape index (κ1) is 11.7. The quantitative estimate of drug-likeness (QED) is 0.756. The topological polar surface area (TPSA) is 38.5 Å². The Bertz CT molecular complexity index is 308. The highest BCUT2D eigenvalue weighted by atomic mass is 16.5. The zero-order valence-electron chi connectivity index (χ0n) is 9.79. The first-order chi connectivity index (χ1) is 7.22. The molecule has 0 amide bonds. The van der Waals surface area contributed by atoms with Gasteiger partial charge in [0.15, 0.2) is 0 Å². The molecule has 84 valence electrons. The van der Waals surface area contributed by atoms with Crippen molar-refractivity contribution in [2.45, 2.75) is 20.8 Å². The van der Waals surface area contributed by atoms with Gasteiger partial charge in [-0.1, -0.05) is 0 Å². The maximum absolute atomic E-state index is 5.79. The lowest BCUT2D eigenvalue weighted by molar-refractivity contribution is 0.340. The normalized spacial score (nSPS) is 10.1. The van der Waals surface area contributed by atoms with Crippen LogP contribution in [-0.4, -0.2) is 19.7 Å². The fraction of sp³-hybridized carbons (Fsp3) is 0.500. The Kier molecular flexibility index (Phi) is 4.28. The molecular weight excluding hydrogens is 188 g/mol. The number of hydrogen-bond donors (Lipinski definition) is 1. The van der Waals surface area contributed by atoms with E-state index in [0.717, 1.165) is 30.2 Å². The van der Waals surface area contributed by atoms with Crippen LogP contribution in [0.2, 0.25) is 0 Å². The Morgan fingerprint density at radius 2 is 1.87 bits per heavy atom. The summed E-state index contributed by atoms with van der Waals surface area (Å²) in [6.45, 7) is 8.84. The van der Waals surface area contributed by atoms with E-state index in [0.29, 0.717) is 6.61 Å². The van der Waals surface area contributed by atoms with Crippen LogP contribution in [0.25, 0.3) is 0 Å². The summed E-state index contributed by atoms with van der Waals surface area (Å²) >= 11 is 0. The van der Waals surface area contributed by atoms with E-state index in [2.05, 4.69) is 18.7 Å². The molecule has 0 saturated heterocycles. The molecule has 0 atom stereocenters. The van der Waals surface area contributed by atoms with Gasteiger partial charge in [0.1, 0.15) is 5.75 Å². The first-order valence-electron chi connectivity index (χ1n) is 5.50. The SMILES string of the molecule is CCOc1ccc(N)cc1N(CC)CC. The second-order valence-corrected chi connectivity index (χ2v) is 3.33. The van der Waals surface area contributed by atoms with Gasteiger partial charge in [-0.15, -0.1) is 0 Å². The molecule has 3 heteroatoms. The molecule has 1 rings (SSSR count). The van der Waals surface area contributed by atoms with Crippen molar-refractivity contribution in [2.24, 2.45) is 0 Å². The molecule has 1 aromatic rings. The van der Waals surface area contributed by atoms with Crippen LogP contribution in [0.3, 0.4) is 0 Å². The van der Waals surface area contributed by atoms with Crippen LogP contribution in [0, 0.1) is 0 Å². The van der Waals surface area contributed by atoms with Crippen molar-refractivity contribution >= 4 is 11.4 Å². The van der Waals surface area contributed by atoms with Gasteiger partial charge < -0.3 is 15.4 Å². The lowest BCUT2D eigenvalue weighted by Gasteiger charge is -2.24. The van der Waals surface area contributed by atoms with Crippen molar-refractivity contribution in [1.29, 1.82) is 0 Å². The zero-order valence-corrected chi connectivity index (χ0v) is 9.79. The minimum Gasteiger partial charge on any atom is -0.492 e. The van der Waals surface area contributed by atoms with E-state index < -0.39 is 0 Å². The lowest BCUT2D eigenvalue weighted by Crippen LogP contribution is -2.22. The fourth-order valence-electron chi connectivity index (χ4n) is 1.62. The zero-order chi connectivity index (χ0) is 11.3. The molecule has 0 heterocycles. The Morgan fingerprint density at radius 3 is 2.40 bits per heavy atom. The molecule has 1 aromatic carbocycles. The summed E-state index contributed by atoms with van der Waals surface area (Å²) in [5.41, 5.74) is 7.65. The maximum Gasteiger partial charge on any atom is 0.142 e. The molecule has 0 unspecified atom stereocenters. The van der Waals surface area contributed by atoms with Gasteiger partial charge in [-0.2, -0.15) is 0 Å². The van der Waals surface area contributed by atoms with Crippen LogP contribution in [0.4, 0.5) is 11.4 Å². The number of anilines is 2. The minimum absolute atomic E-state index is 0.679. The largest absolute Gasteiger partial charge is 0.492 e. The standard InChI is InChI=1S/C12H20N2O/c1-4-14(5-2)11-9-10(13)7-8-12(11)15-6-3/h7-9H,4-6,13H2,1-3H3. The third kappa shape index (κ3) is 2.78. The van der Waals surface area contributed by atoms with Crippen molar-refractivity contribution in [3.63, 3.8) is 0 Å². The van der Waals surface area contributed by atoms with Gasteiger partial charge in [0.2, 0.25) is 0 Å². The number of ether oxygens (including phenoxy) is 1. The van der Waals surface area contributed by atoms with E-state index in [1.807, 2.05) is 25.1 Å². The van der Waals surface area contributed by atoms with Crippen molar-refractivity contribution in [3.05, 3.63) is 18.2 Å². The van der Waals surface area contributed by atoms with Gasteiger partial charge in [-0.3, -0.25) is 0 Å². The average molecular weight is 208 g/mol. The number of hydrogen-bond acceptors (Lipinski definition) is 3. The second kappa shape index (κ2) is 5.49. The van der Waals surface area contributed by atoms with Gasteiger partial charge in [0.05, 0.1) is 12.3 Å². The predicted molar refractivity (Wildman–Crippen MR) is 65.6 cm³/mol. The van der Waals surface area contributed by atoms with Crippen LogP contribution < -0.4 is 15.4 Å². The Balaban J connectivity index is 3.04. The van der Waals surface area contributed by atoms with E-state index in [-0.39, 0.29) is 0 Å². The molecular formula is C12H20N2O. The van der Waals surface area contributed by atoms with Crippen LogP contribution in [-0.2, 0) is 0 Å². The van der Waals surface area contributed by atoms with Gasteiger partial charge in [0, 0.05) is 18.8 Å².